The lowest BCUT2D eigenvalue weighted by Crippen LogP contribution is -2.22. The zero-order chi connectivity index (χ0) is 23.4. The highest BCUT2D eigenvalue weighted by molar-refractivity contribution is 6.09. The summed E-state index contributed by atoms with van der Waals surface area (Å²) in [7, 11) is 0. The van der Waals surface area contributed by atoms with Crippen molar-refractivity contribution in [2.75, 3.05) is 11.9 Å². The van der Waals surface area contributed by atoms with Crippen LogP contribution in [-0.2, 0) is 6.42 Å². The van der Waals surface area contributed by atoms with Crippen LogP contribution in [0.5, 0.6) is 11.5 Å². The number of hydrogen-bond donors (Lipinski definition) is 3. The third-order valence-electron chi connectivity index (χ3n) is 5.40. The lowest BCUT2D eigenvalue weighted by atomic mass is 9.93. The summed E-state index contributed by atoms with van der Waals surface area (Å²) in [5.74, 6) is 0.631. The van der Waals surface area contributed by atoms with E-state index in [0.717, 1.165) is 17.7 Å². The highest BCUT2D eigenvalue weighted by Crippen LogP contribution is 2.30. The number of anilines is 1. The first-order valence-corrected chi connectivity index (χ1v) is 10.8. The molecule has 3 N–H and O–H groups in total. The summed E-state index contributed by atoms with van der Waals surface area (Å²) < 4.78 is 11.3. The van der Waals surface area contributed by atoms with Crippen molar-refractivity contribution in [3.05, 3.63) is 76.7 Å². The van der Waals surface area contributed by atoms with Gasteiger partial charge in [0.2, 0.25) is 0 Å². The van der Waals surface area contributed by atoms with Gasteiger partial charge in [0.25, 0.3) is 11.8 Å². The Morgan fingerprint density at radius 1 is 1.09 bits per heavy atom. The van der Waals surface area contributed by atoms with E-state index in [1.807, 2.05) is 6.92 Å². The molecule has 0 bridgehead atoms. The molecule has 1 aliphatic rings. The van der Waals surface area contributed by atoms with Gasteiger partial charge in [-0.05, 0) is 63.1 Å². The summed E-state index contributed by atoms with van der Waals surface area (Å²) in [5, 5.41) is 17.0. The standard InChI is InChI=1S/C25H25N3O5/c1-3-32-17-13-11-16(12-14-17)26-25(31)23-15(2)22-19(8-6-10-21(22)33-23)27-28-24(30)18-7-4-5-9-20(18)29/h4-5,7,9,11-14,29H,3,6,8,10H2,1-2H3,(H,26,31)(H,28,30)/b27-19+. The first kappa shape index (κ1) is 22.1. The van der Waals surface area contributed by atoms with E-state index in [4.69, 9.17) is 9.15 Å². The van der Waals surface area contributed by atoms with E-state index in [0.29, 0.717) is 42.2 Å². The molecule has 0 radical (unpaired) electrons. The Morgan fingerprint density at radius 2 is 1.85 bits per heavy atom. The predicted molar refractivity (Wildman–Crippen MR) is 124 cm³/mol. The van der Waals surface area contributed by atoms with Crippen LogP contribution in [-0.4, -0.2) is 29.2 Å². The number of aryl methyl sites for hydroxylation is 1. The zero-order valence-corrected chi connectivity index (χ0v) is 18.5. The van der Waals surface area contributed by atoms with Crippen LogP contribution < -0.4 is 15.5 Å². The van der Waals surface area contributed by atoms with Crippen LogP contribution in [0.4, 0.5) is 5.69 Å². The molecule has 1 heterocycles. The van der Waals surface area contributed by atoms with Gasteiger partial charge in [-0.2, -0.15) is 5.10 Å². The van der Waals surface area contributed by atoms with Crippen molar-refractivity contribution < 1.29 is 23.8 Å². The van der Waals surface area contributed by atoms with Crippen LogP contribution >= 0.6 is 0 Å². The Balaban J connectivity index is 1.53. The van der Waals surface area contributed by atoms with Crippen molar-refractivity contribution in [2.24, 2.45) is 5.10 Å². The Kier molecular flexibility index (Phi) is 6.44. The van der Waals surface area contributed by atoms with Crippen molar-refractivity contribution in [2.45, 2.75) is 33.1 Å². The maximum atomic E-state index is 12.9. The molecular weight excluding hydrogens is 422 g/mol. The average Bonchev–Trinajstić information content (AvgIpc) is 3.16. The van der Waals surface area contributed by atoms with E-state index in [-0.39, 0.29) is 23.0 Å². The van der Waals surface area contributed by atoms with Gasteiger partial charge in [0.1, 0.15) is 17.3 Å². The maximum Gasteiger partial charge on any atom is 0.291 e. The summed E-state index contributed by atoms with van der Waals surface area (Å²) >= 11 is 0. The fraction of sp³-hybridized carbons (Fsp3) is 0.240. The topological polar surface area (TPSA) is 113 Å². The van der Waals surface area contributed by atoms with Gasteiger partial charge in [0.05, 0.1) is 17.9 Å². The molecule has 0 saturated heterocycles. The van der Waals surface area contributed by atoms with Crippen molar-refractivity contribution in [1.82, 2.24) is 5.43 Å². The van der Waals surface area contributed by atoms with Gasteiger partial charge < -0.3 is 19.6 Å². The molecule has 8 nitrogen and oxygen atoms in total. The number of hydrazone groups is 1. The second-order valence-electron chi connectivity index (χ2n) is 7.64. The SMILES string of the molecule is CCOc1ccc(NC(=O)c2oc3c(c2C)/C(=N/NC(=O)c2ccccc2O)CCC3)cc1. The van der Waals surface area contributed by atoms with Crippen molar-refractivity contribution >= 4 is 23.2 Å². The summed E-state index contributed by atoms with van der Waals surface area (Å²) in [5.41, 5.74) is 5.33. The molecule has 3 aromatic rings. The second kappa shape index (κ2) is 9.60. The van der Waals surface area contributed by atoms with Gasteiger partial charge in [0, 0.05) is 23.2 Å². The number of nitrogens with zero attached hydrogens (tertiary/aromatic N) is 1. The molecule has 0 atom stereocenters. The molecule has 1 aliphatic carbocycles. The molecule has 33 heavy (non-hydrogen) atoms. The van der Waals surface area contributed by atoms with E-state index in [1.165, 1.54) is 12.1 Å². The van der Waals surface area contributed by atoms with E-state index >= 15 is 0 Å². The summed E-state index contributed by atoms with van der Waals surface area (Å²) in [6.07, 6.45) is 2.10. The number of ether oxygens (including phenoxy) is 1. The van der Waals surface area contributed by atoms with Gasteiger partial charge in [0.15, 0.2) is 5.76 Å². The second-order valence-corrected chi connectivity index (χ2v) is 7.64. The first-order chi connectivity index (χ1) is 16.0. The van der Waals surface area contributed by atoms with E-state index in [1.54, 1.807) is 43.3 Å². The lowest BCUT2D eigenvalue weighted by Gasteiger charge is -2.13. The molecule has 2 aromatic carbocycles. The lowest BCUT2D eigenvalue weighted by molar-refractivity contribution is 0.0950. The number of hydrogen-bond acceptors (Lipinski definition) is 6. The van der Waals surface area contributed by atoms with E-state index < -0.39 is 5.91 Å². The fourth-order valence-electron chi connectivity index (χ4n) is 3.83. The summed E-state index contributed by atoms with van der Waals surface area (Å²) in [6, 6.07) is 13.4. The number of benzene rings is 2. The van der Waals surface area contributed by atoms with Crippen molar-refractivity contribution in [1.29, 1.82) is 0 Å². The van der Waals surface area contributed by atoms with Gasteiger partial charge >= 0.3 is 0 Å². The van der Waals surface area contributed by atoms with Crippen molar-refractivity contribution in [3.8, 4) is 11.5 Å². The number of aromatic hydroxyl groups is 1. The molecular formula is C25H25N3O5. The summed E-state index contributed by atoms with van der Waals surface area (Å²) in [4.78, 5) is 25.3. The smallest absolute Gasteiger partial charge is 0.291 e. The van der Waals surface area contributed by atoms with E-state index in [2.05, 4.69) is 15.8 Å². The summed E-state index contributed by atoms with van der Waals surface area (Å²) in [6.45, 7) is 4.28. The molecule has 0 fully saturated rings. The number of fused-ring (bicyclic) bond motifs is 1. The minimum atomic E-state index is -0.512. The average molecular weight is 447 g/mol. The quantitative estimate of drug-likeness (QED) is 0.484. The molecule has 0 saturated carbocycles. The van der Waals surface area contributed by atoms with Crippen LogP contribution in [0.2, 0.25) is 0 Å². The number of amides is 2. The number of nitrogens with one attached hydrogen (secondary N) is 2. The van der Waals surface area contributed by atoms with Crippen LogP contribution in [0.25, 0.3) is 0 Å². The van der Waals surface area contributed by atoms with Crippen LogP contribution in [0.1, 0.15) is 57.6 Å². The van der Waals surface area contributed by atoms with Gasteiger partial charge in [-0.3, -0.25) is 9.59 Å². The number of carbonyl (C=O) groups is 2. The molecule has 170 valence electrons. The van der Waals surface area contributed by atoms with Crippen LogP contribution in [0.15, 0.2) is 58.0 Å². The number of para-hydroxylation sites is 1. The van der Waals surface area contributed by atoms with Crippen LogP contribution in [0, 0.1) is 6.92 Å². The minimum absolute atomic E-state index is 0.118. The molecule has 0 unspecified atom stereocenters. The number of carbonyl (C=O) groups excluding carboxylic acids is 2. The van der Waals surface area contributed by atoms with Gasteiger partial charge in [-0.25, -0.2) is 5.43 Å². The molecule has 0 aliphatic heterocycles. The molecule has 1 aromatic heterocycles. The molecule has 4 rings (SSSR count). The fourth-order valence-corrected chi connectivity index (χ4v) is 3.83. The molecule has 8 heteroatoms. The maximum absolute atomic E-state index is 12.9. The van der Waals surface area contributed by atoms with E-state index in [9.17, 15) is 14.7 Å². The molecule has 0 spiro atoms. The Hall–Kier alpha value is -4.07. The predicted octanol–water partition coefficient (Wildman–Crippen LogP) is 4.42. The third-order valence-corrected chi connectivity index (χ3v) is 5.40. The Bertz CT molecular complexity index is 1210. The highest BCUT2D eigenvalue weighted by Gasteiger charge is 2.28. The van der Waals surface area contributed by atoms with Gasteiger partial charge in [-0.1, -0.05) is 12.1 Å². The Labute approximate surface area is 191 Å². The molecule has 2 amide bonds. The van der Waals surface area contributed by atoms with Crippen molar-refractivity contribution in [3.63, 3.8) is 0 Å². The van der Waals surface area contributed by atoms with Crippen LogP contribution in [0.3, 0.4) is 0 Å². The largest absolute Gasteiger partial charge is 0.507 e. The highest BCUT2D eigenvalue weighted by atomic mass is 16.5. The Morgan fingerprint density at radius 3 is 2.58 bits per heavy atom. The number of furan rings is 1. The monoisotopic (exact) mass is 447 g/mol. The third kappa shape index (κ3) is 4.74. The van der Waals surface area contributed by atoms with Gasteiger partial charge in [-0.15, -0.1) is 0 Å². The first-order valence-electron chi connectivity index (χ1n) is 10.8. The minimum Gasteiger partial charge on any atom is -0.507 e. The number of phenolic OH excluding ortho intramolecular Hbond substituents is 1. The zero-order valence-electron chi connectivity index (χ0n) is 18.5. The number of rotatable bonds is 6. The normalized spacial score (nSPS) is 13.9. The number of phenols is 1.